The molecular weight excluding hydrogens is 178 g/mol. The van der Waals surface area contributed by atoms with Gasteiger partial charge in [-0.3, -0.25) is 0 Å². The van der Waals surface area contributed by atoms with Crippen molar-refractivity contribution >= 4 is 5.97 Å². The molecule has 14 heavy (non-hydrogen) atoms. The Bertz CT molecular complexity index is 122. The third-order valence-electron chi connectivity index (χ3n) is 1.48. The first kappa shape index (κ1) is 15.9. The monoisotopic (exact) mass is 202 g/mol. The van der Waals surface area contributed by atoms with Crippen molar-refractivity contribution in [1.82, 2.24) is 0 Å². The van der Waals surface area contributed by atoms with Crippen LogP contribution in [-0.2, 0) is 4.79 Å². The van der Waals surface area contributed by atoms with Gasteiger partial charge in [-0.15, -0.1) is 0 Å². The molecule has 0 aliphatic carbocycles. The molecular formula is C11H24NO2-. The van der Waals surface area contributed by atoms with E-state index < -0.39 is 5.97 Å². The Morgan fingerprint density at radius 1 is 1.21 bits per heavy atom. The van der Waals surface area contributed by atoms with Crippen LogP contribution in [0.2, 0.25) is 0 Å². The minimum absolute atomic E-state index is 0.226. The van der Waals surface area contributed by atoms with Gasteiger partial charge in [0.05, 0.1) is 0 Å². The molecule has 0 amide bonds. The normalized spacial score (nSPS) is 9.50. The van der Waals surface area contributed by atoms with E-state index in [4.69, 9.17) is 5.73 Å². The number of carbonyl (C=O) groups excluding carboxylic acids is 1. The number of nitrogens with two attached hydrogens (primary N) is 1. The molecule has 0 fully saturated rings. The number of carbonyl (C=O) groups is 1. The molecule has 0 aromatic carbocycles. The molecule has 0 bridgehead atoms. The quantitative estimate of drug-likeness (QED) is 0.663. The Morgan fingerprint density at radius 3 is 2.00 bits per heavy atom. The third-order valence-corrected chi connectivity index (χ3v) is 1.48. The average Bonchev–Trinajstić information content (AvgIpc) is 2.02. The summed E-state index contributed by atoms with van der Waals surface area (Å²) in [5.41, 5.74) is 5.11. The molecule has 0 saturated carbocycles. The van der Waals surface area contributed by atoms with Gasteiger partial charge in [0.2, 0.25) is 0 Å². The highest BCUT2D eigenvalue weighted by atomic mass is 16.4. The summed E-state index contributed by atoms with van der Waals surface area (Å²) in [5.74, 6) is -0.920. The standard InChI is InChI=1S/C8H16O2.C3H9N/c1-2-3-4-5-6-7-8(9)10;1-3(2)4/h2-7H2,1H3,(H,9,10);3H,4H2,1-2H3/p-1. The van der Waals surface area contributed by atoms with E-state index in [1.54, 1.807) is 0 Å². The lowest BCUT2D eigenvalue weighted by Crippen LogP contribution is -2.21. The second kappa shape index (κ2) is 12.4. The summed E-state index contributed by atoms with van der Waals surface area (Å²) in [6.07, 6.45) is 5.61. The van der Waals surface area contributed by atoms with Crippen molar-refractivity contribution < 1.29 is 9.90 Å². The molecule has 0 aromatic rings. The summed E-state index contributed by atoms with van der Waals surface area (Å²) < 4.78 is 0. The number of carboxylic acids is 1. The summed E-state index contributed by atoms with van der Waals surface area (Å²) in [6, 6.07) is 0.333. The van der Waals surface area contributed by atoms with Crippen LogP contribution < -0.4 is 10.8 Å². The summed E-state index contributed by atoms with van der Waals surface area (Å²) in [5, 5.41) is 9.92. The highest BCUT2D eigenvalue weighted by Gasteiger charge is 1.88. The van der Waals surface area contributed by atoms with Gasteiger partial charge in [0.1, 0.15) is 0 Å². The van der Waals surface area contributed by atoms with E-state index >= 15 is 0 Å². The molecule has 0 atom stereocenters. The molecule has 0 radical (unpaired) electrons. The predicted molar refractivity (Wildman–Crippen MR) is 57.7 cm³/mol. The summed E-state index contributed by atoms with van der Waals surface area (Å²) in [6.45, 7) is 6.03. The second-order valence-electron chi connectivity index (χ2n) is 3.78. The highest BCUT2D eigenvalue weighted by molar-refractivity contribution is 5.63. The zero-order valence-electron chi connectivity index (χ0n) is 9.71. The third kappa shape index (κ3) is 30.1. The zero-order valence-corrected chi connectivity index (χ0v) is 9.71. The van der Waals surface area contributed by atoms with Crippen LogP contribution in [0.1, 0.15) is 59.3 Å². The average molecular weight is 202 g/mol. The van der Waals surface area contributed by atoms with Crippen molar-refractivity contribution in [1.29, 1.82) is 0 Å². The van der Waals surface area contributed by atoms with E-state index in [1.165, 1.54) is 12.8 Å². The number of carboxylic acid groups (broad SMARTS) is 1. The fraction of sp³-hybridized carbons (Fsp3) is 0.909. The van der Waals surface area contributed by atoms with Gasteiger partial charge in [-0.1, -0.05) is 46.5 Å². The van der Waals surface area contributed by atoms with Gasteiger partial charge in [-0.2, -0.15) is 0 Å². The van der Waals surface area contributed by atoms with Crippen LogP contribution in [0.4, 0.5) is 0 Å². The molecule has 0 heterocycles. The van der Waals surface area contributed by atoms with E-state index in [9.17, 15) is 9.90 Å². The summed E-state index contributed by atoms with van der Waals surface area (Å²) >= 11 is 0. The Kier molecular flexibility index (Phi) is 14.1. The van der Waals surface area contributed by atoms with Crippen molar-refractivity contribution in [2.45, 2.75) is 65.3 Å². The van der Waals surface area contributed by atoms with Crippen molar-refractivity contribution in [3.05, 3.63) is 0 Å². The molecule has 86 valence electrons. The van der Waals surface area contributed by atoms with Gasteiger partial charge < -0.3 is 15.6 Å². The van der Waals surface area contributed by atoms with Crippen LogP contribution in [0, 0.1) is 0 Å². The lowest BCUT2D eigenvalue weighted by atomic mass is 10.1. The maximum absolute atomic E-state index is 9.92. The second-order valence-corrected chi connectivity index (χ2v) is 3.78. The largest absolute Gasteiger partial charge is 0.550 e. The van der Waals surface area contributed by atoms with Gasteiger partial charge >= 0.3 is 0 Å². The topological polar surface area (TPSA) is 66.2 Å². The number of unbranched alkanes of at least 4 members (excludes halogenated alkanes) is 4. The van der Waals surface area contributed by atoms with Gasteiger partial charge in [-0.25, -0.2) is 0 Å². The molecule has 0 rings (SSSR count). The molecule has 0 aromatic heterocycles. The minimum Gasteiger partial charge on any atom is -0.550 e. The molecule has 0 unspecified atom stereocenters. The molecule has 0 aliphatic heterocycles. The van der Waals surface area contributed by atoms with E-state index in [0.29, 0.717) is 6.04 Å². The van der Waals surface area contributed by atoms with E-state index in [1.807, 2.05) is 13.8 Å². The highest BCUT2D eigenvalue weighted by Crippen LogP contribution is 2.03. The molecule has 0 saturated heterocycles. The first-order valence-electron chi connectivity index (χ1n) is 5.46. The van der Waals surface area contributed by atoms with Crippen LogP contribution in [0.25, 0.3) is 0 Å². The number of hydrogen-bond donors (Lipinski definition) is 1. The summed E-state index contributed by atoms with van der Waals surface area (Å²) in [4.78, 5) is 9.92. The maximum atomic E-state index is 9.92. The van der Waals surface area contributed by atoms with Crippen LogP contribution in [0.3, 0.4) is 0 Å². The number of aliphatic carboxylic acids is 1. The van der Waals surface area contributed by atoms with Gasteiger partial charge in [0.25, 0.3) is 0 Å². The number of rotatable bonds is 6. The Labute approximate surface area is 87.7 Å². The van der Waals surface area contributed by atoms with E-state index in [2.05, 4.69) is 6.92 Å². The van der Waals surface area contributed by atoms with E-state index in [-0.39, 0.29) is 6.42 Å². The van der Waals surface area contributed by atoms with Crippen molar-refractivity contribution in [2.24, 2.45) is 5.73 Å². The zero-order chi connectivity index (χ0) is 11.4. The van der Waals surface area contributed by atoms with Gasteiger partial charge in [0, 0.05) is 5.97 Å². The summed E-state index contributed by atoms with van der Waals surface area (Å²) in [7, 11) is 0. The van der Waals surface area contributed by atoms with Crippen molar-refractivity contribution in [2.75, 3.05) is 0 Å². The first-order valence-corrected chi connectivity index (χ1v) is 5.46. The molecule has 2 N–H and O–H groups in total. The smallest absolute Gasteiger partial charge is 0.0414 e. The van der Waals surface area contributed by atoms with Gasteiger partial charge in [-0.05, 0) is 18.9 Å². The van der Waals surface area contributed by atoms with Crippen LogP contribution >= 0.6 is 0 Å². The lowest BCUT2D eigenvalue weighted by Gasteiger charge is -2.00. The fourth-order valence-electron chi connectivity index (χ4n) is 0.873. The van der Waals surface area contributed by atoms with Crippen molar-refractivity contribution in [3.63, 3.8) is 0 Å². The SMILES string of the molecule is CC(C)N.CCCCCCCC(=O)[O-]. The molecule has 3 nitrogen and oxygen atoms in total. The molecule has 0 spiro atoms. The van der Waals surface area contributed by atoms with Crippen molar-refractivity contribution in [3.8, 4) is 0 Å². The molecule has 0 aliphatic rings. The van der Waals surface area contributed by atoms with Crippen LogP contribution in [0.15, 0.2) is 0 Å². The first-order chi connectivity index (χ1) is 6.50. The van der Waals surface area contributed by atoms with E-state index in [0.717, 1.165) is 19.3 Å². The van der Waals surface area contributed by atoms with Crippen LogP contribution in [-0.4, -0.2) is 12.0 Å². The lowest BCUT2D eigenvalue weighted by molar-refractivity contribution is -0.305. The Hall–Kier alpha value is -0.570. The fourth-order valence-corrected chi connectivity index (χ4v) is 0.873. The van der Waals surface area contributed by atoms with Gasteiger partial charge in [0.15, 0.2) is 0 Å². The predicted octanol–water partition coefficient (Wildman–Crippen LogP) is 1.45. The molecule has 3 heteroatoms. The number of hydrogen-bond acceptors (Lipinski definition) is 3. The van der Waals surface area contributed by atoms with Crippen LogP contribution in [0.5, 0.6) is 0 Å². The minimum atomic E-state index is -0.920. The Morgan fingerprint density at radius 2 is 1.64 bits per heavy atom. The maximum Gasteiger partial charge on any atom is 0.0414 e. The Balaban J connectivity index is 0.